The van der Waals surface area contributed by atoms with E-state index in [9.17, 15) is 26.1 Å². The van der Waals surface area contributed by atoms with E-state index in [1.165, 1.54) is 5.38 Å². The number of hydrogen-bond acceptors (Lipinski definition) is 1. The summed E-state index contributed by atoms with van der Waals surface area (Å²) in [6.07, 6.45) is -5.26. The van der Waals surface area contributed by atoms with Crippen molar-refractivity contribution in [2.24, 2.45) is 0 Å². The quantitative estimate of drug-likeness (QED) is 0.551. The summed E-state index contributed by atoms with van der Waals surface area (Å²) in [5.74, 6) is -3.31. The smallest absolute Gasteiger partial charge is 0.448 e. The summed E-state index contributed by atoms with van der Waals surface area (Å²) in [5, 5.41) is 2.06. The van der Waals surface area contributed by atoms with Gasteiger partial charge in [-0.1, -0.05) is 11.6 Å². The van der Waals surface area contributed by atoms with E-state index >= 15 is 0 Å². The topological polar surface area (TPSA) is 0 Å². The largest absolute Gasteiger partial charge is 1.00 e. The van der Waals surface area contributed by atoms with Crippen LogP contribution in [0.4, 0.5) is 26.1 Å². The van der Waals surface area contributed by atoms with E-state index in [0.717, 1.165) is 22.8 Å². The summed E-state index contributed by atoms with van der Waals surface area (Å²) in [6, 6.07) is 0.845. The zero-order valence-corrected chi connectivity index (χ0v) is 11.5. The van der Waals surface area contributed by atoms with Gasteiger partial charge in [0.05, 0.1) is 0 Å². The molecular formula is C6H4BF6KS. The Hall–Kier alpha value is 0.981. The van der Waals surface area contributed by atoms with Gasteiger partial charge in [0.1, 0.15) is 0 Å². The van der Waals surface area contributed by atoms with E-state index in [2.05, 4.69) is 0 Å². The zero-order valence-electron chi connectivity index (χ0n) is 7.56. The first-order chi connectivity index (χ1) is 6.23. The second-order valence-electron chi connectivity index (χ2n) is 2.70. The molecule has 1 aromatic heterocycles. The Bertz CT molecular complexity index is 278. The van der Waals surface area contributed by atoms with E-state index in [-0.39, 0.29) is 51.4 Å². The van der Waals surface area contributed by atoms with Crippen LogP contribution in [0.5, 0.6) is 0 Å². The summed E-state index contributed by atoms with van der Waals surface area (Å²) in [7, 11) is 0. The normalized spacial score (nSPS) is 14.5. The molecule has 0 amide bonds. The molecule has 0 aromatic carbocycles. The minimum absolute atomic E-state index is 0. The maximum Gasteiger partial charge on any atom is 1.00 e. The molecule has 0 fully saturated rings. The summed E-state index contributed by atoms with van der Waals surface area (Å²) >= 11 is 0.810. The van der Waals surface area contributed by atoms with Crippen LogP contribution in [0.3, 0.4) is 0 Å². The van der Waals surface area contributed by atoms with Crippen molar-refractivity contribution in [1.29, 1.82) is 0 Å². The molecule has 0 radical (unpaired) electrons. The van der Waals surface area contributed by atoms with Crippen LogP contribution in [0.1, 0.15) is 11.4 Å². The third-order valence-corrected chi connectivity index (χ3v) is 2.33. The average Bonchev–Trinajstić information content (AvgIpc) is 2.31. The first kappa shape index (κ1) is 16.0. The molecule has 1 atom stereocenters. The Morgan fingerprint density at radius 2 is 1.73 bits per heavy atom. The average molecular weight is 272 g/mol. The van der Waals surface area contributed by atoms with Crippen molar-refractivity contribution in [3.8, 4) is 0 Å². The molecule has 15 heavy (non-hydrogen) atoms. The number of thiophene rings is 1. The first-order valence-corrected chi connectivity index (χ1v) is 4.46. The standard InChI is InChI=1S/C6H4BF6S.K/c8-6(9,10)5(7(11,12)13)4-1-2-14-3-4;/h1-3,5H;/q-1;+1. The zero-order chi connectivity index (χ0) is 11.0. The van der Waals surface area contributed by atoms with Gasteiger partial charge in [-0.2, -0.15) is 24.5 Å². The van der Waals surface area contributed by atoms with E-state index < -0.39 is 24.5 Å². The van der Waals surface area contributed by atoms with Crippen molar-refractivity contribution in [1.82, 2.24) is 0 Å². The summed E-state index contributed by atoms with van der Waals surface area (Å²) in [5.41, 5.74) is -0.727. The van der Waals surface area contributed by atoms with Crippen molar-refractivity contribution in [3.63, 3.8) is 0 Å². The van der Waals surface area contributed by atoms with Crippen molar-refractivity contribution in [3.05, 3.63) is 22.4 Å². The molecular weight excluding hydrogens is 268 g/mol. The molecule has 0 saturated heterocycles. The Balaban J connectivity index is 0.00000196. The Morgan fingerprint density at radius 3 is 2.00 bits per heavy atom. The van der Waals surface area contributed by atoms with Gasteiger partial charge in [0.15, 0.2) is 0 Å². The molecule has 0 aliphatic carbocycles. The third-order valence-electron chi connectivity index (χ3n) is 1.63. The second kappa shape index (κ2) is 5.54. The van der Waals surface area contributed by atoms with Crippen LogP contribution < -0.4 is 51.4 Å². The molecule has 0 aliphatic rings. The minimum Gasteiger partial charge on any atom is -0.448 e. The minimum atomic E-state index is -5.95. The van der Waals surface area contributed by atoms with Crippen LogP contribution >= 0.6 is 11.3 Å². The monoisotopic (exact) mass is 272 g/mol. The van der Waals surface area contributed by atoms with Gasteiger partial charge in [-0.05, 0) is 10.8 Å². The third kappa shape index (κ3) is 4.39. The van der Waals surface area contributed by atoms with Gasteiger partial charge in [-0.3, -0.25) is 0 Å². The van der Waals surface area contributed by atoms with Crippen molar-refractivity contribution >= 4 is 18.3 Å². The maximum atomic E-state index is 12.1. The molecule has 0 saturated carbocycles. The molecule has 0 bridgehead atoms. The van der Waals surface area contributed by atoms with Gasteiger partial charge < -0.3 is 12.9 Å². The summed E-state index contributed by atoms with van der Waals surface area (Å²) in [4.78, 5) is 0. The van der Waals surface area contributed by atoms with Crippen LogP contribution in [-0.4, -0.2) is 13.2 Å². The molecule has 0 N–H and O–H groups in total. The predicted octanol–water partition coefficient (Wildman–Crippen LogP) is 0.785. The van der Waals surface area contributed by atoms with Gasteiger partial charge >= 0.3 is 64.5 Å². The van der Waals surface area contributed by atoms with Gasteiger partial charge in [-0.15, -0.1) is 0 Å². The Morgan fingerprint density at radius 1 is 1.20 bits per heavy atom. The summed E-state index contributed by atoms with van der Waals surface area (Å²) in [6.45, 7) is -5.95. The van der Waals surface area contributed by atoms with Crippen LogP contribution in [0.2, 0.25) is 0 Å². The predicted molar refractivity (Wildman–Crippen MR) is 42.2 cm³/mol. The van der Waals surface area contributed by atoms with Gasteiger partial charge in [0, 0.05) is 5.82 Å². The van der Waals surface area contributed by atoms with Crippen LogP contribution in [0, 0.1) is 0 Å². The number of rotatable bonds is 2. The molecule has 1 heterocycles. The van der Waals surface area contributed by atoms with Crippen LogP contribution in [-0.2, 0) is 0 Å². The molecule has 1 rings (SSSR count). The molecule has 1 aromatic rings. The van der Waals surface area contributed by atoms with Gasteiger partial charge in [-0.25, -0.2) is 0 Å². The van der Waals surface area contributed by atoms with Crippen LogP contribution in [0.15, 0.2) is 16.8 Å². The Labute approximate surface area is 129 Å². The van der Waals surface area contributed by atoms with Gasteiger partial charge in [0.2, 0.25) is 0 Å². The SMILES string of the molecule is F[B-](F)(F)C(c1ccsc1)C(F)(F)F.[K+]. The van der Waals surface area contributed by atoms with E-state index in [1.54, 1.807) is 0 Å². The fourth-order valence-corrected chi connectivity index (χ4v) is 1.77. The maximum absolute atomic E-state index is 12.1. The van der Waals surface area contributed by atoms with E-state index in [4.69, 9.17) is 0 Å². The van der Waals surface area contributed by atoms with Crippen LogP contribution in [0.25, 0.3) is 0 Å². The van der Waals surface area contributed by atoms with Crippen molar-refractivity contribution < 1.29 is 77.5 Å². The molecule has 80 valence electrons. The van der Waals surface area contributed by atoms with Crippen molar-refractivity contribution in [2.75, 3.05) is 0 Å². The molecule has 0 spiro atoms. The number of halogens is 6. The second-order valence-corrected chi connectivity index (χ2v) is 3.48. The van der Waals surface area contributed by atoms with Crippen molar-refractivity contribution in [2.45, 2.75) is 12.0 Å². The molecule has 0 nitrogen and oxygen atoms in total. The molecule has 0 aliphatic heterocycles. The molecule has 9 heteroatoms. The number of alkyl halides is 3. The van der Waals surface area contributed by atoms with Gasteiger partial charge in [0.25, 0.3) is 0 Å². The molecule has 1 unspecified atom stereocenters. The fourth-order valence-electron chi connectivity index (χ4n) is 1.07. The fraction of sp³-hybridized carbons (Fsp3) is 0.333. The Kier molecular flexibility index (Phi) is 5.91. The van der Waals surface area contributed by atoms with E-state index in [1.807, 2.05) is 0 Å². The first-order valence-electron chi connectivity index (χ1n) is 3.51. The number of hydrogen-bond donors (Lipinski definition) is 0. The summed E-state index contributed by atoms with van der Waals surface area (Å²) < 4.78 is 72.6. The van der Waals surface area contributed by atoms with E-state index in [0.29, 0.717) is 0 Å².